The quantitative estimate of drug-likeness (QED) is 0.696. The lowest BCUT2D eigenvalue weighted by molar-refractivity contribution is 0.463. The molecule has 3 rings (SSSR count). The monoisotopic (exact) mass is 310 g/mol. The fourth-order valence-corrected chi connectivity index (χ4v) is 2.46. The van der Waals surface area contributed by atoms with Gasteiger partial charge in [-0.25, -0.2) is 9.48 Å². The maximum atomic E-state index is 12.2. The number of hydrogen-bond acceptors (Lipinski definition) is 4. The fraction of sp³-hybridized carbons (Fsp3) is 0.176. The Morgan fingerprint density at radius 1 is 1.04 bits per heavy atom. The number of hydrogen-bond donors (Lipinski definition) is 2. The van der Waals surface area contributed by atoms with E-state index < -0.39 is 0 Å². The van der Waals surface area contributed by atoms with Crippen molar-refractivity contribution >= 4 is 0 Å². The molecule has 0 aliphatic heterocycles. The van der Waals surface area contributed by atoms with Gasteiger partial charge in [-0.1, -0.05) is 48.5 Å². The summed E-state index contributed by atoms with van der Waals surface area (Å²) in [6.07, 6.45) is 1.00. The van der Waals surface area contributed by atoms with Crippen LogP contribution in [-0.2, 0) is 19.4 Å². The Morgan fingerprint density at radius 3 is 2.48 bits per heavy atom. The minimum absolute atomic E-state index is 0.220. The molecule has 0 bridgehead atoms. The molecule has 6 heteroatoms. The summed E-state index contributed by atoms with van der Waals surface area (Å²) < 4.78 is 2.42. The van der Waals surface area contributed by atoms with Gasteiger partial charge in [-0.15, -0.1) is 0 Å². The topological polar surface area (TPSA) is 86.1 Å². The highest BCUT2D eigenvalue weighted by Crippen LogP contribution is 2.16. The lowest BCUT2D eigenvalue weighted by atomic mass is 10.1. The van der Waals surface area contributed by atoms with E-state index in [1.165, 1.54) is 4.68 Å². The SMILES string of the molecule is Nn1c(Cc2ccccc2)nn(CCc2ccccc2O)c1=O. The van der Waals surface area contributed by atoms with Crippen molar-refractivity contribution in [3.8, 4) is 5.75 Å². The molecule has 0 fully saturated rings. The average Bonchev–Trinajstić information content (AvgIpc) is 2.83. The van der Waals surface area contributed by atoms with Gasteiger partial charge < -0.3 is 10.9 Å². The summed E-state index contributed by atoms with van der Waals surface area (Å²) in [6, 6.07) is 16.8. The van der Waals surface area contributed by atoms with E-state index in [4.69, 9.17) is 5.84 Å². The Kier molecular flexibility index (Phi) is 4.14. The van der Waals surface area contributed by atoms with Crippen LogP contribution < -0.4 is 11.5 Å². The van der Waals surface area contributed by atoms with Crippen LogP contribution in [0.5, 0.6) is 5.75 Å². The Bertz CT molecular complexity index is 853. The van der Waals surface area contributed by atoms with Crippen molar-refractivity contribution < 1.29 is 5.11 Å². The van der Waals surface area contributed by atoms with Gasteiger partial charge >= 0.3 is 5.69 Å². The normalized spacial score (nSPS) is 10.8. The van der Waals surface area contributed by atoms with Crippen LogP contribution in [0.1, 0.15) is 17.0 Å². The van der Waals surface area contributed by atoms with E-state index in [0.717, 1.165) is 15.8 Å². The molecule has 0 aliphatic rings. The first-order chi connectivity index (χ1) is 11.1. The van der Waals surface area contributed by atoms with Gasteiger partial charge in [-0.3, -0.25) is 0 Å². The summed E-state index contributed by atoms with van der Waals surface area (Å²) in [5.74, 6) is 6.55. The second kappa shape index (κ2) is 6.39. The number of nitrogen functional groups attached to an aromatic ring is 1. The maximum Gasteiger partial charge on any atom is 0.364 e. The van der Waals surface area contributed by atoms with E-state index >= 15 is 0 Å². The van der Waals surface area contributed by atoms with Crippen molar-refractivity contribution in [2.24, 2.45) is 0 Å². The van der Waals surface area contributed by atoms with E-state index in [2.05, 4.69) is 5.10 Å². The van der Waals surface area contributed by atoms with E-state index in [-0.39, 0.29) is 11.4 Å². The first-order valence-electron chi connectivity index (χ1n) is 7.40. The number of rotatable bonds is 5. The first-order valence-corrected chi connectivity index (χ1v) is 7.40. The van der Waals surface area contributed by atoms with Crippen LogP contribution in [0.25, 0.3) is 0 Å². The van der Waals surface area contributed by atoms with Crippen LogP contribution in [0.3, 0.4) is 0 Å². The molecule has 0 atom stereocenters. The third-order valence-electron chi connectivity index (χ3n) is 3.73. The largest absolute Gasteiger partial charge is 0.508 e. The summed E-state index contributed by atoms with van der Waals surface area (Å²) in [5, 5.41) is 14.1. The number of aryl methyl sites for hydroxylation is 2. The molecule has 0 radical (unpaired) electrons. The molecule has 1 heterocycles. The van der Waals surface area contributed by atoms with E-state index in [1.807, 2.05) is 42.5 Å². The van der Waals surface area contributed by atoms with Crippen LogP contribution in [0.2, 0.25) is 0 Å². The van der Waals surface area contributed by atoms with Crippen molar-refractivity contribution in [3.63, 3.8) is 0 Å². The number of benzene rings is 2. The second-order valence-corrected chi connectivity index (χ2v) is 5.33. The number of para-hydroxylation sites is 1. The molecule has 3 N–H and O–H groups in total. The molecule has 1 aromatic heterocycles. The zero-order valence-electron chi connectivity index (χ0n) is 12.6. The molecular formula is C17H18N4O2. The Labute approximate surface area is 133 Å². The first kappa shape index (κ1) is 14.9. The lowest BCUT2D eigenvalue weighted by Crippen LogP contribution is -2.31. The summed E-state index contributed by atoms with van der Waals surface area (Å²) in [7, 11) is 0. The van der Waals surface area contributed by atoms with Crippen molar-refractivity contribution in [3.05, 3.63) is 82.0 Å². The van der Waals surface area contributed by atoms with Gasteiger partial charge in [0, 0.05) is 6.42 Å². The molecular weight excluding hydrogens is 292 g/mol. The van der Waals surface area contributed by atoms with Crippen LogP contribution in [-0.4, -0.2) is 19.6 Å². The molecule has 0 saturated heterocycles. The maximum absolute atomic E-state index is 12.2. The summed E-state index contributed by atoms with van der Waals surface area (Å²) in [5.41, 5.74) is 1.46. The van der Waals surface area contributed by atoms with E-state index in [1.54, 1.807) is 12.1 Å². The molecule has 23 heavy (non-hydrogen) atoms. The molecule has 2 aromatic carbocycles. The van der Waals surface area contributed by atoms with Gasteiger partial charge in [0.25, 0.3) is 0 Å². The highest BCUT2D eigenvalue weighted by molar-refractivity contribution is 5.31. The summed E-state index contributed by atoms with van der Waals surface area (Å²) in [4.78, 5) is 12.2. The van der Waals surface area contributed by atoms with Crippen molar-refractivity contribution in [2.75, 3.05) is 5.84 Å². The summed E-state index contributed by atoms with van der Waals surface area (Å²) >= 11 is 0. The summed E-state index contributed by atoms with van der Waals surface area (Å²) in [6.45, 7) is 0.363. The zero-order valence-corrected chi connectivity index (χ0v) is 12.6. The molecule has 0 unspecified atom stereocenters. The van der Waals surface area contributed by atoms with Crippen LogP contribution in [0.15, 0.2) is 59.4 Å². The van der Waals surface area contributed by atoms with E-state index in [0.29, 0.717) is 25.2 Å². The molecule has 0 spiro atoms. The standard InChI is InChI=1S/C17H18N4O2/c18-21-16(12-13-6-2-1-3-7-13)19-20(17(21)23)11-10-14-8-4-5-9-15(14)22/h1-9,22H,10-12,18H2. The second-order valence-electron chi connectivity index (χ2n) is 5.33. The molecule has 3 aromatic rings. The number of nitrogens with zero attached hydrogens (tertiary/aromatic N) is 3. The number of aromatic nitrogens is 3. The number of phenols is 1. The predicted molar refractivity (Wildman–Crippen MR) is 87.7 cm³/mol. The average molecular weight is 310 g/mol. The highest BCUT2D eigenvalue weighted by atomic mass is 16.3. The number of phenolic OH excluding ortho intramolecular Hbond substituents is 1. The molecule has 0 amide bonds. The van der Waals surface area contributed by atoms with Gasteiger partial charge in [-0.05, 0) is 23.6 Å². The highest BCUT2D eigenvalue weighted by Gasteiger charge is 2.12. The smallest absolute Gasteiger partial charge is 0.364 e. The zero-order chi connectivity index (χ0) is 16.2. The predicted octanol–water partition coefficient (Wildman–Crippen LogP) is 1.30. The van der Waals surface area contributed by atoms with Gasteiger partial charge in [0.15, 0.2) is 5.82 Å². The van der Waals surface area contributed by atoms with Crippen LogP contribution >= 0.6 is 0 Å². The minimum atomic E-state index is -0.355. The van der Waals surface area contributed by atoms with Crippen LogP contribution in [0.4, 0.5) is 0 Å². The van der Waals surface area contributed by atoms with Gasteiger partial charge in [0.2, 0.25) is 0 Å². The number of nitrogens with two attached hydrogens (primary N) is 1. The minimum Gasteiger partial charge on any atom is -0.508 e. The molecule has 6 nitrogen and oxygen atoms in total. The fourth-order valence-electron chi connectivity index (χ4n) is 2.46. The van der Waals surface area contributed by atoms with Gasteiger partial charge in [0.1, 0.15) is 5.75 Å². The van der Waals surface area contributed by atoms with Crippen molar-refractivity contribution in [2.45, 2.75) is 19.4 Å². The third kappa shape index (κ3) is 3.26. The van der Waals surface area contributed by atoms with E-state index in [9.17, 15) is 9.90 Å². The van der Waals surface area contributed by atoms with Gasteiger partial charge in [0.05, 0.1) is 6.54 Å². The van der Waals surface area contributed by atoms with Gasteiger partial charge in [-0.2, -0.15) is 9.77 Å². The molecule has 0 aliphatic carbocycles. The molecule has 0 saturated carbocycles. The van der Waals surface area contributed by atoms with Crippen LogP contribution in [0, 0.1) is 0 Å². The Hall–Kier alpha value is -3.02. The van der Waals surface area contributed by atoms with Crippen molar-refractivity contribution in [1.29, 1.82) is 0 Å². The third-order valence-corrected chi connectivity index (χ3v) is 3.73. The number of aromatic hydroxyl groups is 1. The molecule has 118 valence electrons. The Morgan fingerprint density at radius 2 is 1.74 bits per heavy atom. The van der Waals surface area contributed by atoms with Crippen molar-refractivity contribution in [1.82, 2.24) is 14.5 Å². The lowest BCUT2D eigenvalue weighted by Gasteiger charge is -2.03. The Balaban J connectivity index is 1.77.